The van der Waals surface area contributed by atoms with Crippen LogP contribution in [0, 0.1) is 0 Å². The van der Waals surface area contributed by atoms with Crippen molar-refractivity contribution in [2.75, 3.05) is 6.54 Å². The minimum absolute atomic E-state index is 0.00164. The van der Waals surface area contributed by atoms with E-state index in [0.717, 1.165) is 0 Å². The van der Waals surface area contributed by atoms with Gasteiger partial charge in [0.05, 0.1) is 0 Å². The van der Waals surface area contributed by atoms with Crippen molar-refractivity contribution in [1.29, 1.82) is 0 Å². The second-order valence-corrected chi connectivity index (χ2v) is 4.07. The van der Waals surface area contributed by atoms with E-state index in [1.807, 2.05) is 0 Å². The largest absolute Gasteiger partial charge is 0.471 e. The van der Waals surface area contributed by atoms with Crippen molar-refractivity contribution >= 4 is 36.5 Å². The molecule has 1 amide bonds. The number of alkyl halides is 3. The average Bonchev–Trinajstić information content (AvgIpc) is 1.84. The van der Waals surface area contributed by atoms with Gasteiger partial charge in [-0.05, 0) is 6.92 Å². The Morgan fingerprint density at radius 1 is 1.46 bits per heavy atom. The summed E-state index contributed by atoms with van der Waals surface area (Å²) >= 11 is 0. The lowest BCUT2D eigenvalue weighted by Gasteiger charge is -2.03. The molecule has 13 heavy (non-hydrogen) atoms. The molecule has 0 aromatic carbocycles. The number of nitrogens with one attached hydrogen (secondary N) is 1. The van der Waals surface area contributed by atoms with Gasteiger partial charge in [0.1, 0.15) is 0 Å². The van der Waals surface area contributed by atoms with Gasteiger partial charge in [-0.3, -0.25) is 4.79 Å². The highest BCUT2D eigenvalue weighted by atomic mass is 36.0. The van der Waals surface area contributed by atoms with Crippen molar-refractivity contribution in [3.63, 3.8) is 0 Å². The molecule has 0 fully saturated rings. The van der Waals surface area contributed by atoms with E-state index in [1.54, 1.807) is 5.32 Å². The highest BCUT2D eigenvalue weighted by Crippen LogP contribution is 2.13. The van der Waals surface area contributed by atoms with Crippen LogP contribution in [0.3, 0.4) is 0 Å². The second-order valence-electron chi connectivity index (χ2n) is 1.54. The quantitative estimate of drug-likeness (QED) is 0.730. The maximum absolute atomic E-state index is 11.2. The molecule has 0 unspecified atom stereocenters. The minimum atomic E-state index is -4.74. The first-order valence-electron chi connectivity index (χ1n) is 2.81. The zero-order valence-corrected chi connectivity index (χ0v) is 8.65. The zero-order valence-electron chi connectivity index (χ0n) is 6.32. The molecule has 0 heterocycles. The molecule has 0 aliphatic carbocycles. The van der Waals surface area contributed by atoms with Gasteiger partial charge in [0.25, 0.3) is 0 Å². The lowest BCUT2D eigenvalue weighted by atomic mass is 10.6. The van der Waals surface area contributed by atoms with Crippen LogP contribution < -0.4 is 5.32 Å². The molecule has 0 aromatic rings. The molecule has 0 aromatic heterocycles. The molecule has 0 spiro atoms. The fourth-order valence-electron chi connectivity index (χ4n) is 0.261. The molecule has 0 saturated heterocycles. The highest BCUT2D eigenvalue weighted by molar-refractivity contribution is 8.26. The average molecular weight is 260 g/mol. The van der Waals surface area contributed by atoms with Crippen LogP contribution in [0.1, 0.15) is 6.92 Å². The topological polar surface area (TPSA) is 46.2 Å². The number of rotatable bonds is 1. The Hall–Kier alpha value is -0.0100. The first-order chi connectivity index (χ1) is 5.71. The number of amides is 1. The fourth-order valence-corrected chi connectivity index (χ4v) is 0.261. The molecular formula is C4H6Cl2F3NO2S. The molecule has 9 heteroatoms. The smallest absolute Gasteiger partial charge is 0.349 e. The molecule has 3 nitrogen and oxygen atoms in total. The number of carbonyl (C=O) groups excluding carboxylic acids is 1. The molecule has 1 N–H and O–H groups in total. The molecule has 0 rings (SSSR count). The summed E-state index contributed by atoms with van der Waals surface area (Å²) in [5.74, 6) is -1.88. The molecular weight excluding hydrogens is 254 g/mol. The van der Waals surface area contributed by atoms with Crippen molar-refractivity contribution in [3.05, 3.63) is 0 Å². The van der Waals surface area contributed by atoms with E-state index in [0.29, 0.717) is 0 Å². The van der Waals surface area contributed by atoms with Crippen LogP contribution >= 0.6 is 21.4 Å². The van der Waals surface area contributed by atoms with Gasteiger partial charge in [-0.2, -0.15) is 13.2 Å². The van der Waals surface area contributed by atoms with Crippen LogP contribution in [0.4, 0.5) is 13.2 Å². The van der Waals surface area contributed by atoms with E-state index in [9.17, 15) is 18.0 Å². The normalized spacial score (nSPS) is 10.4. The van der Waals surface area contributed by atoms with Crippen molar-refractivity contribution < 1.29 is 22.2 Å². The van der Waals surface area contributed by atoms with E-state index in [4.69, 9.17) is 4.21 Å². The summed E-state index contributed by atoms with van der Waals surface area (Å²) in [7, 11) is 7.36. The lowest BCUT2D eigenvalue weighted by Crippen LogP contribution is -2.36. The van der Waals surface area contributed by atoms with Crippen LogP contribution in [0.25, 0.3) is 0 Å². The second kappa shape index (κ2) is 7.40. The van der Waals surface area contributed by atoms with Crippen molar-refractivity contribution in [3.8, 4) is 0 Å². The summed E-state index contributed by atoms with van der Waals surface area (Å²) in [6, 6.07) is 0. The molecule has 0 saturated carbocycles. The van der Waals surface area contributed by atoms with Crippen LogP contribution in [-0.4, -0.2) is 22.8 Å². The molecule has 0 aliphatic rings. The van der Waals surface area contributed by atoms with Crippen LogP contribution in [0.2, 0.25) is 0 Å². The fraction of sp³-hybridized carbons (Fsp3) is 0.750. The molecule has 0 aliphatic heterocycles. The van der Waals surface area contributed by atoms with Gasteiger partial charge >= 0.3 is 12.1 Å². The third kappa shape index (κ3) is 14.8. The van der Waals surface area contributed by atoms with Crippen molar-refractivity contribution in [2.24, 2.45) is 0 Å². The Balaban J connectivity index is 0. The summed E-state index contributed by atoms with van der Waals surface area (Å²) in [5, 5.41) is 1.62. The van der Waals surface area contributed by atoms with Gasteiger partial charge in [-0.15, -0.1) is 0 Å². The number of halogens is 5. The monoisotopic (exact) mass is 259 g/mol. The van der Waals surface area contributed by atoms with Gasteiger partial charge in [-0.25, -0.2) is 4.21 Å². The van der Waals surface area contributed by atoms with E-state index < -0.39 is 21.3 Å². The Bertz CT molecular complexity index is 183. The summed E-state index contributed by atoms with van der Waals surface area (Å²) in [5.41, 5.74) is 0. The van der Waals surface area contributed by atoms with Crippen molar-refractivity contribution in [2.45, 2.75) is 13.1 Å². The number of hydrogen-bond donors (Lipinski definition) is 1. The Morgan fingerprint density at radius 2 is 1.77 bits per heavy atom. The zero-order chi connectivity index (χ0) is 11.1. The summed E-state index contributed by atoms with van der Waals surface area (Å²) < 4.78 is 42.8. The lowest BCUT2D eigenvalue weighted by molar-refractivity contribution is -0.173. The van der Waals surface area contributed by atoms with Crippen LogP contribution in [-0.2, 0) is 14.0 Å². The Kier molecular flexibility index (Phi) is 8.80. The SMILES string of the molecule is CCNC(=O)C(F)(F)F.O=S(Cl)Cl. The predicted molar refractivity (Wildman–Crippen MR) is 44.6 cm³/mol. The van der Waals surface area contributed by atoms with Crippen LogP contribution in [0.15, 0.2) is 0 Å². The van der Waals surface area contributed by atoms with Gasteiger partial charge in [-0.1, -0.05) is 0 Å². The van der Waals surface area contributed by atoms with Gasteiger partial charge in [0, 0.05) is 27.9 Å². The third-order valence-corrected chi connectivity index (χ3v) is 0.595. The van der Waals surface area contributed by atoms with Gasteiger partial charge in [0.15, 0.2) is 0 Å². The van der Waals surface area contributed by atoms with Gasteiger partial charge in [0.2, 0.25) is 9.23 Å². The maximum atomic E-state index is 11.2. The number of carbonyl (C=O) groups is 1. The Morgan fingerprint density at radius 3 is 1.85 bits per heavy atom. The number of hydrogen-bond acceptors (Lipinski definition) is 2. The van der Waals surface area contributed by atoms with E-state index >= 15 is 0 Å². The molecule has 0 atom stereocenters. The predicted octanol–water partition coefficient (Wildman–Crippen LogP) is 1.73. The molecule has 0 radical (unpaired) electrons. The third-order valence-electron chi connectivity index (χ3n) is 0.595. The standard InChI is InChI=1S/C4H6F3NO.Cl2OS/c1-2-8-3(9)4(5,6)7;1-4(2)3/h2H2,1H3,(H,8,9);. The molecule has 80 valence electrons. The van der Waals surface area contributed by atoms with Gasteiger partial charge < -0.3 is 5.32 Å². The summed E-state index contributed by atoms with van der Waals surface area (Å²) in [6.45, 7) is 1.42. The first kappa shape index (κ1) is 15.5. The minimum Gasteiger partial charge on any atom is -0.349 e. The maximum Gasteiger partial charge on any atom is 0.471 e. The first-order valence-corrected chi connectivity index (χ1v) is 5.61. The Labute approximate surface area is 84.0 Å². The van der Waals surface area contributed by atoms with E-state index in [-0.39, 0.29) is 6.54 Å². The van der Waals surface area contributed by atoms with Crippen LogP contribution in [0.5, 0.6) is 0 Å². The molecule has 0 bridgehead atoms. The summed E-state index contributed by atoms with van der Waals surface area (Å²) in [6.07, 6.45) is -4.74. The van der Waals surface area contributed by atoms with E-state index in [1.165, 1.54) is 6.92 Å². The van der Waals surface area contributed by atoms with Crippen molar-refractivity contribution in [1.82, 2.24) is 5.32 Å². The summed E-state index contributed by atoms with van der Waals surface area (Å²) in [4.78, 5) is 9.83. The highest BCUT2D eigenvalue weighted by Gasteiger charge is 2.37. The van der Waals surface area contributed by atoms with E-state index in [2.05, 4.69) is 21.4 Å².